The zero-order valence-corrected chi connectivity index (χ0v) is 18.5. The Kier molecular flexibility index (Phi) is 7.12. The summed E-state index contributed by atoms with van der Waals surface area (Å²) in [5.74, 6) is -1.38. The molecule has 0 bridgehead atoms. The minimum absolute atomic E-state index is 0.478. The van der Waals surface area contributed by atoms with Crippen molar-refractivity contribution in [1.29, 1.82) is 0 Å². The van der Waals surface area contributed by atoms with E-state index in [0.717, 1.165) is 5.56 Å². The normalized spacial score (nSPS) is 14.8. The molecule has 0 aliphatic carbocycles. The molecule has 0 aromatic heterocycles. The van der Waals surface area contributed by atoms with E-state index >= 15 is 0 Å². The number of halogens is 2. The summed E-state index contributed by atoms with van der Waals surface area (Å²) in [6.07, 6.45) is 0. The lowest BCUT2D eigenvalue weighted by Crippen LogP contribution is -2.26. The maximum Gasteiger partial charge on any atom is 0.364 e. The third-order valence-electron chi connectivity index (χ3n) is 2.60. The van der Waals surface area contributed by atoms with E-state index in [1.165, 1.54) is 0 Å². The molecule has 1 unspecified atom stereocenters. The van der Waals surface area contributed by atoms with Crippen molar-refractivity contribution >= 4 is 39.5 Å². The molecule has 0 saturated carbocycles. The number of hydrogen-bond acceptors (Lipinski definition) is 4. The number of benzene rings is 1. The number of alkyl halides is 1. The fourth-order valence-corrected chi connectivity index (χ4v) is 5.41. The molecule has 0 amide bonds. The van der Waals surface area contributed by atoms with Gasteiger partial charge in [0.1, 0.15) is 0 Å². The van der Waals surface area contributed by atoms with Crippen LogP contribution in [-0.4, -0.2) is 16.3 Å². The maximum absolute atomic E-state index is 13.3. The molecule has 132 valence electrons. The lowest BCUT2D eigenvalue weighted by molar-refractivity contribution is 0.0270. The molecule has 0 aliphatic rings. The van der Waals surface area contributed by atoms with Gasteiger partial charge in [-0.3, -0.25) is 4.57 Å². The molecule has 0 heterocycles. The second kappa shape index (κ2) is 7.67. The van der Waals surface area contributed by atoms with Crippen LogP contribution in [0.25, 0.3) is 0 Å². The zero-order chi connectivity index (χ0) is 18.1. The summed E-state index contributed by atoms with van der Waals surface area (Å²) < 4.78 is 25.4. The highest BCUT2D eigenvalue weighted by atomic mass is 79.9. The number of aliphatic hydroxyl groups is 1. The third kappa shape index (κ3) is 6.60. The Balaban J connectivity index is 3.28. The van der Waals surface area contributed by atoms with Crippen LogP contribution >= 0.6 is 39.5 Å². The fraction of sp³-hybridized carbons (Fsp3) is 0.625. The summed E-state index contributed by atoms with van der Waals surface area (Å²) in [5, 5.41) is 11.4. The predicted molar refractivity (Wildman–Crippen MR) is 101 cm³/mol. The van der Waals surface area contributed by atoms with E-state index < -0.39 is 24.6 Å². The minimum atomic E-state index is -3.81. The Bertz CT molecular complexity index is 571. The first-order valence-corrected chi connectivity index (χ1v) is 10.8. The van der Waals surface area contributed by atoms with E-state index in [0.29, 0.717) is 15.4 Å². The Morgan fingerprint density at radius 2 is 1.61 bits per heavy atom. The van der Waals surface area contributed by atoms with Gasteiger partial charge in [-0.15, -0.1) is 0 Å². The lowest BCUT2D eigenvalue weighted by atomic mass is 10.2. The summed E-state index contributed by atoms with van der Waals surface area (Å²) in [6.45, 7) is 10.7. The topological polar surface area (TPSA) is 55.8 Å². The van der Waals surface area contributed by atoms with Crippen molar-refractivity contribution in [2.24, 2.45) is 0 Å². The predicted octanol–water partition coefficient (Wildman–Crippen LogP) is 6.16. The van der Waals surface area contributed by atoms with Crippen molar-refractivity contribution in [2.45, 2.75) is 63.9 Å². The molecule has 1 aromatic carbocycles. The van der Waals surface area contributed by atoms with Crippen molar-refractivity contribution in [3.8, 4) is 0 Å². The van der Waals surface area contributed by atoms with Gasteiger partial charge in [-0.1, -0.05) is 44.0 Å². The van der Waals surface area contributed by atoms with E-state index in [1.54, 1.807) is 47.6 Å². The Hall–Kier alpha value is 0.290. The molecule has 0 radical (unpaired) electrons. The molecule has 1 rings (SSSR count). The smallest absolute Gasteiger partial charge is 0.364 e. The average molecular weight is 472 g/mol. The van der Waals surface area contributed by atoms with Crippen LogP contribution in [0.4, 0.5) is 0 Å². The van der Waals surface area contributed by atoms with Crippen molar-refractivity contribution in [3.63, 3.8) is 0 Å². The van der Waals surface area contributed by atoms with Crippen LogP contribution in [0.15, 0.2) is 22.7 Å². The summed E-state index contributed by atoms with van der Waals surface area (Å²) in [7, 11) is -3.81. The highest BCUT2D eigenvalue weighted by molar-refractivity contribution is 9.10. The van der Waals surface area contributed by atoms with E-state index in [2.05, 4.69) is 31.9 Å². The van der Waals surface area contributed by atoms with Crippen molar-refractivity contribution in [2.75, 3.05) is 0 Å². The van der Waals surface area contributed by atoms with Gasteiger partial charge in [0, 0.05) is 15.4 Å². The summed E-state index contributed by atoms with van der Waals surface area (Å²) in [4.78, 5) is 0. The second-order valence-corrected chi connectivity index (χ2v) is 10.7. The quantitative estimate of drug-likeness (QED) is 0.412. The highest BCUT2D eigenvalue weighted by Gasteiger charge is 2.43. The maximum atomic E-state index is 13.3. The van der Waals surface area contributed by atoms with E-state index in [-0.39, 0.29) is 0 Å². The van der Waals surface area contributed by atoms with Crippen LogP contribution in [0.2, 0.25) is 0 Å². The van der Waals surface area contributed by atoms with E-state index in [4.69, 9.17) is 9.05 Å². The number of rotatable bonds is 5. The molecule has 0 spiro atoms. The fourth-order valence-electron chi connectivity index (χ4n) is 1.92. The molecule has 4 nitrogen and oxygen atoms in total. The van der Waals surface area contributed by atoms with Gasteiger partial charge in [-0.2, -0.15) is 0 Å². The first-order chi connectivity index (χ1) is 10.3. The van der Waals surface area contributed by atoms with Gasteiger partial charge in [0.15, 0.2) is 5.85 Å². The van der Waals surface area contributed by atoms with E-state index in [9.17, 15) is 9.67 Å². The van der Waals surface area contributed by atoms with Gasteiger partial charge in [-0.05, 0) is 53.2 Å². The molecule has 0 saturated heterocycles. The largest absolute Gasteiger partial charge is 0.376 e. The van der Waals surface area contributed by atoms with Crippen LogP contribution in [0.1, 0.15) is 58.5 Å². The molecule has 1 N–H and O–H groups in total. The average Bonchev–Trinajstić information content (AvgIpc) is 2.33. The van der Waals surface area contributed by atoms with Crippen molar-refractivity contribution in [3.05, 3.63) is 33.8 Å². The van der Waals surface area contributed by atoms with Crippen LogP contribution in [0.3, 0.4) is 0 Å². The summed E-state index contributed by atoms with van der Waals surface area (Å²) in [5.41, 5.74) is 0.0799. The molecule has 0 fully saturated rings. The van der Waals surface area contributed by atoms with Gasteiger partial charge < -0.3 is 14.2 Å². The van der Waals surface area contributed by atoms with Crippen molar-refractivity contribution < 1.29 is 18.7 Å². The molecule has 23 heavy (non-hydrogen) atoms. The standard InChI is InChI=1S/C16H25Br2O4P/c1-15(2,3)21-23(20,22-16(4,5)6)14(19)12-8-7-11(10-17)9-13(12)18/h7-9,14,19H,10H2,1-6H3. The van der Waals surface area contributed by atoms with Gasteiger partial charge in [0.25, 0.3) is 0 Å². The molecular weight excluding hydrogens is 447 g/mol. The van der Waals surface area contributed by atoms with Crippen LogP contribution in [0.5, 0.6) is 0 Å². The minimum Gasteiger partial charge on any atom is -0.376 e. The van der Waals surface area contributed by atoms with Crippen LogP contribution < -0.4 is 0 Å². The monoisotopic (exact) mass is 470 g/mol. The van der Waals surface area contributed by atoms with Crippen LogP contribution in [0, 0.1) is 0 Å². The number of aliphatic hydroxyl groups excluding tert-OH is 1. The Labute approximate surface area is 155 Å². The SMILES string of the molecule is CC(C)(C)OP(=O)(OC(C)(C)C)C(O)c1ccc(CBr)cc1Br. The third-order valence-corrected chi connectivity index (χ3v) is 6.41. The van der Waals surface area contributed by atoms with E-state index in [1.807, 2.05) is 12.1 Å². The zero-order valence-electron chi connectivity index (χ0n) is 14.4. The molecular formula is C16H25Br2O4P. The van der Waals surface area contributed by atoms with Gasteiger partial charge in [0.05, 0.1) is 11.2 Å². The summed E-state index contributed by atoms with van der Waals surface area (Å²) in [6, 6.07) is 5.46. The van der Waals surface area contributed by atoms with Gasteiger partial charge >= 0.3 is 7.60 Å². The molecule has 1 aromatic rings. The lowest BCUT2D eigenvalue weighted by Gasteiger charge is -2.34. The van der Waals surface area contributed by atoms with Crippen molar-refractivity contribution in [1.82, 2.24) is 0 Å². The highest BCUT2D eigenvalue weighted by Crippen LogP contribution is 2.64. The Morgan fingerprint density at radius 3 is 1.96 bits per heavy atom. The van der Waals surface area contributed by atoms with Crippen LogP contribution in [-0.2, 0) is 18.9 Å². The summed E-state index contributed by atoms with van der Waals surface area (Å²) >= 11 is 6.81. The molecule has 1 atom stereocenters. The first-order valence-electron chi connectivity index (χ1n) is 7.31. The second-order valence-electron chi connectivity index (χ2n) is 7.31. The molecule has 7 heteroatoms. The first kappa shape index (κ1) is 21.3. The number of hydrogen-bond donors (Lipinski definition) is 1. The Morgan fingerprint density at radius 1 is 1.13 bits per heavy atom. The van der Waals surface area contributed by atoms with Gasteiger partial charge in [0.2, 0.25) is 0 Å². The van der Waals surface area contributed by atoms with Gasteiger partial charge in [-0.25, -0.2) is 0 Å². The molecule has 0 aliphatic heterocycles.